The predicted octanol–water partition coefficient (Wildman–Crippen LogP) is 5.16. The van der Waals surface area contributed by atoms with Crippen LogP contribution in [0.1, 0.15) is 68.2 Å². The zero-order valence-corrected chi connectivity index (χ0v) is 19.2. The molecule has 3 aromatic rings. The molecule has 1 amide bonds. The predicted molar refractivity (Wildman–Crippen MR) is 124 cm³/mol. The van der Waals surface area contributed by atoms with Gasteiger partial charge < -0.3 is 14.6 Å². The standard InChI is InChI=1S/C26H33N3O2/c1-17(2)29-23-9-7-6-8-22(23)28-24(29)20(5)27-25(30)26(10-12-31-13-11-26)21-15-18(3)14-19(4)16-21/h6-9,14-17,20H,10-13H2,1-5H3,(H,27,30)/t20-/m0/s1. The van der Waals surface area contributed by atoms with E-state index in [0.29, 0.717) is 26.1 Å². The number of hydrogen-bond donors (Lipinski definition) is 1. The molecule has 5 heteroatoms. The number of rotatable bonds is 5. The maximum absolute atomic E-state index is 13.8. The number of nitrogens with zero attached hydrogens (tertiary/aromatic N) is 2. The largest absolute Gasteiger partial charge is 0.381 e. The summed E-state index contributed by atoms with van der Waals surface area (Å²) in [7, 11) is 0. The summed E-state index contributed by atoms with van der Waals surface area (Å²) in [6.07, 6.45) is 1.38. The number of aromatic nitrogens is 2. The van der Waals surface area contributed by atoms with E-state index in [4.69, 9.17) is 9.72 Å². The number of hydrogen-bond acceptors (Lipinski definition) is 3. The lowest BCUT2D eigenvalue weighted by Crippen LogP contribution is -2.49. The van der Waals surface area contributed by atoms with E-state index >= 15 is 0 Å². The molecule has 2 aromatic carbocycles. The SMILES string of the molecule is Cc1cc(C)cc(C2(C(=O)N[C@@H](C)c3nc4ccccc4n3C(C)C)CCOCC2)c1. The Labute approximate surface area is 184 Å². The number of carbonyl (C=O) groups excluding carboxylic acids is 1. The Hall–Kier alpha value is -2.66. The summed E-state index contributed by atoms with van der Waals surface area (Å²) in [4.78, 5) is 18.7. The van der Waals surface area contributed by atoms with Gasteiger partial charge in [0.2, 0.25) is 5.91 Å². The normalized spacial score (nSPS) is 17.1. The topological polar surface area (TPSA) is 56.2 Å². The van der Waals surface area contributed by atoms with Gasteiger partial charge in [0.15, 0.2) is 0 Å². The summed E-state index contributed by atoms with van der Waals surface area (Å²) >= 11 is 0. The molecular weight excluding hydrogens is 386 g/mol. The van der Waals surface area contributed by atoms with Gasteiger partial charge in [-0.15, -0.1) is 0 Å². The molecule has 1 fully saturated rings. The van der Waals surface area contributed by atoms with Gasteiger partial charge in [-0.1, -0.05) is 41.5 Å². The lowest BCUT2D eigenvalue weighted by atomic mass is 9.72. The maximum Gasteiger partial charge on any atom is 0.231 e. The molecule has 5 nitrogen and oxygen atoms in total. The van der Waals surface area contributed by atoms with E-state index in [1.165, 1.54) is 11.1 Å². The monoisotopic (exact) mass is 419 g/mol. The second kappa shape index (κ2) is 8.46. The minimum absolute atomic E-state index is 0.0654. The van der Waals surface area contributed by atoms with Crippen LogP contribution in [0.5, 0.6) is 0 Å². The molecule has 1 aliphatic heterocycles. The van der Waals surface area contributed by atoms with E-state index in [1.807, 2.05) is 25.1 Å². The highest BCUT2D eigenvalue weighted by atomic mass is 16.5. The van der Waals surface area contributed by atoms with Gasteiger partial charge in [0, 0.05) is 19.3 Å². The van der Waals surface area contributed by atoms with E-state index in [0.717, 1.165) is 22.4 Å². The maximum atomic E-state index is 13.8. The quantitative estimate of drug-likeness (QED) is 0.621. The molecule has 0 aliphatic carbocycles. The number of nitrogens with one attached hydrogen (secondary N) is 1. The van der Waals surface area contributed by atoms with Crippen molar-refractivity contribution in [2.45, 2.75) is 65.0 Å². The van der Waals surface area contributed by atoms with Crippen LogP contribution in [0.15, 0.2) is 42.5 Å². The molecule has 1 saturated heterocycles. The summed E-state index contributed by atoms with van der Waals surface area (Å²) in [6.45, 7) is 11.7. The number of imidazole rings is 1. The van der Waals surface area contributed by atoms with Gasteiger partial charge >= 0.3 is 0 Å². The third kappa shape index (κ3) is 3.99. The fourth-order valence-corrected chi connectivity index (χ4v) is 4.93. The first kappa shape index (κ1) is 21.6. The first-order valence-electron chi connectivity index (χ1n) is 11.3. The van der Waals surface area contributed by atoms with Crippen LogP contribution in [0.25, 0.3) is 11.0 Å². The number of fused-ring (bicyclic) bond motifs is 1. The zero-order valence-electron chi connectivity index (χ0n) is 19.2. The third-order valence-electron chi connectivity index (χ3n) is 6.43. The summed E-state index contributed by atoms with van der Waals surface area (Å²) in [6, 6.07) is 14.7. The number of benzene rings is 2. The molecule has 1 aliphatic rings. The minimum atomic E-state index is -0.571. The highest BCUT2D eigenvalue weighted by Gasteiger charge is 2.42. The molecule has 31 heavy (non-hydrogen) atoms. The zero-order chi connectivity index (χ0) is 22.2. The first-order valence-corrected chi connectivity index (χ1v) is 11.3. The second-order valence-corrected chi connectivity index (χ2v) is 9.19. The van der Waals surface area contributed by atoms with Crippen molar-refractivity contribution < 1.29 is 9.53 Å². The van der Waals surface area contributed by atoms with E-state index < -0.39 is 5.41 Å². The fraction of sp³-hybridized carbons (Fsp3) is 0.462. The smallest absolute Gasteiger partial charge is 0.231 e. The van der Waals surface area contributed by atoms with Crippen LogP contribution in [-0.4, -0.2) is 28.7 Å². The van der Waals surface area contributed by atoms with Crippen molar-refractivity contribution in [1.29, 1.82) is 0 Å². The van der Waals surface area contributed by atoms with Crippen molar-refractivity contribution in [3.05, 3.63) is 65.0 Å². The number of amides is 1. The van der Waals surface area contributed by atoms with E-state index in [2.05, 4.69) is 61.8 Å². The van der Waals surface area contributed by atoms with Crippen molar-refractivity contribution in [3.8, 4) is 0 Å². The molecule has 0 unspecified atom stereocenters. The Morgan fingerprint density at radius 2 is 1.71 bits per heavy atom. The van der Waals surface area contributed by atoms with Gasteiger partial charge in [-0.3, -0.25) is 4.79 Å². The average molecular weight is 420 g/mol. The summed E-state index contributed by atoms with van der Waals surface area (Å²) in [5, 5.41) is 3.32. The molecule has 1 atom stereocenters. The van der Waals surface area contributed by atoms with Gasteiger partial charge in [0.1, 0.15) is 5.82 Å². The molecule has 1 aromatic heterocycles. The number of aryl methyl sites for hydroxylation is 2. The first-order chi connectivity index (χ1) is 14.8. The molecule has 2 heterocycles. The Morgan fingerprint density at radius 3 is 2.35 bits per heavy atom. The van der Waals surface area contributed by atoms with Gasteiger partial charge in [-0.2, -0.15) is 0 Å². The van der Waals surface area contributed by atoms with E-state index in [1.54, 1.807) is 0 Å². The van der Waals surface area contributed by atoms with Crippen molar-refractivity contribution in [1.82, 2.24) is 14.9 Å². The fourth-order valence-electron chi connectivity index (χ4n) is 4.93. The van der Waals surface area contributed by atoms with Crippen molar-refractivity contribution in [2.24, 2.45) is 0 Å². The second-order valence-electron chi connectivity index (χ2n) is 9.19. The molecule has 0 saturated carbocycles. The molecule has 164 valence electrons. The third-order valence-corrected chi connectivity index (χ3v) is 6.43. The summed E-state index contributed by atoms with van der Waals surface area (Å²) in [5.41, 5.74) is 4.95. The van der Waals surface area contributed by atoms with Crippen LogP contribution in [0.2, 0.25) is 0 Å². The highest BCUT2D eigenvalue weighted by molar-refractivity contribution is 5.89. The lowest BCUT2D eigenvalue weighted by Gasteiger charge is -2.37. The van der Waals surface area contributed by atoms with Crippen molar-refractivity contribution in [3.63, 3.8) is 0 Å². The Bertz CT molecular complexity index is 1070. The summed E-state index contributed by atoms with van der Waals surface area (Å²) in [5.74, 6) is 0.961. The number of ether oxygens (including phenoxy) is 1. The van der Waals surface area contributed by atoms with Crippen LogP contribution in [0.4, 0.5) is 0 Å². The highest BCUT2D eigenvalue weighted by Crippen LogP contribution is 2.37. The van der Waals surface area contributed by atoms with Gasteiger partial charge in [0.25, 0.3) is 0 Å². The van der Waals surface area contributed by atoms with Crippen molar-refractivity contribution in [2.75, 3.05) is 13.2 Å². The lowest BCUT2D eigenvalue weighted by molar-refractivity contribution is -0.131. The molecule has 0 spiro atoms. The molecular formula is C26H33N3O2. The Balaban J connectivity index is 1.70. The van der Waals surface area contributed by atoms with Crippen molar-refractivity contribution >= 4 is 16.9 Å². The van der Waals surface area contributed by atoms with Gasteiger partial charge in [0.05, 0.1) is 22.5 Å². The van der Waals surface area contributed by atoms with E-state index in [9.17, 15) is 4.79 Å². The number of carbonyl (C=O) groups is 1. The molecule has 1 N–H and O–H groups in total. The molecule has 0 bridgehead atoms. The number of para-hydroxylation sites is 2. The van der Waals surface area contributed by atoms with Crippen LogP contribution in [0.3, 0.4) is 0 Å². The molecule has 4 rings (SSSR count). The van der Waals surface area contributed by atoms with Crippen LogP contribution < -0.4 is 5.32 Å². The molecule has 0 radical (unpaired) electrons. The minimum Gasteiger partial charge on any atom is -0.381 e. The Kier molecular flexibility index (Phi) is 5.89. The van der Waals surface area contributed by atoms with Crippen LogP contribution in [-0.2, 0) is 14.9 Å². The van der Waals surface area contributed by atoms with Crippen LogP contribution >= 0.6 is 0 Å². The van der Waals surface area contributed by atoms with Gasteiger partial charge in [-0.05, 0) is 65.2 Å². The van der Waals surface area contributed by atoms with Crippen LogP contribution in [0, 0.1) is 13.8 Å². The van der Waals surface area contributed by atoms with E-state index in [-0.39, 0.29) is 18.0 Å². The average Bonchev–Trinajstić information content (AvgIpc) is 3.13. The van der Waals surface area contributed by atoms with Gasteiger partial charge in [-0.25, -0.2) is 4.98 Å². The summed E-state index contributed by atoms with van der Waals surface area (Å²) < 4.78 is 7.87. The Morgan fingerprint density at radius 1 is 1.06 bits per heavy atom.